The van der Waals surface area contributed by atoms with E-state index in [1.54, 1.807) is 12.1 Å². The summed E-state index contributed by atoms with van der Waals surface area (Å²) >= 11 is 3.41. The van der Waals surface area contributed by atoms with Crippen molar-refractivity contribution in [3.05, 3.63) is 82.7 Å². The highest BCUT2D eigenvalue weighted by molar-refractivity contribution is 9.10. The van der Waals surface area contributed by atoms with E-state index in [1.807, 2.05) is 48.5 Å². The smallest absolute Gasteiger partial charge is 0.331 e. The fourth-order valence-corrected chi connectivity index (χ4v) is 4.06. The predicted molar refractivity (Wildman–Crippen MR) is 115 cm³/mol. The van der Waals surface area contributed by atoms with Crippen LogP contribution in [-0.4, -0.2) is 24.0 Å². The lowest BCUT2D eigenvalue weighted by Gasteiger charge is -2.36. The summed E-state index contributed by atoms with van der Waals surface area (Å²) < 4.78 is 17.9. The normalized spacial score (nSPS) is 23.3. The van der Waals surface area contributed by atoms with Crippen LogP contribution in [0.1, 0.15) is 24.8 Å². The van der Waals surface area contributed by atoms with Crippen molar-refractivity contribution in [3.63, 3.8) is 0 Å². The maximum atomic E-state index is 12.9. The average molecular weight is 469 g/mol. The van der Waals surface area contributed by atoms with Gasteiger partial charge in [-0.25, -0.2) is 4.79 Å². The minimum Gasteiger partial charge on any atom is -0.493 e. The molecule has 1 aliphatic heterocycles. The molecule has 6 heteroatoms. The highest BCUT2D eigenvalue weighted by Crippen LogP contribution is 2.36. The van der Waals surface area contributed by atoms with Crippen molar-refractivity contribution in [2.24, 2.45) is 5.92 Å². The average Bonchev–Trinajstić information content (AvgIpc) is 2.76. The van der Waals surface area contributed by atoms with Crippen molar-refractivity contribution in [2.45, 2.75) is 31.5 Å². The Morgan fingerprint density at radius 2 is 1.83 bits per heavy atom. The van der Waals surface area contributed by atoms with Crippen LogP contribution in [0.15, 0.2) is 77.2 Å². The Morgan fingerprint density at radius 3 is 2.63 bits per heavy atom. The van der Waals surface area contributed by atoms with Gasteiger partial charge in [0.2, 0.25) is 11.5 Å². The van der Waals surface area contributed by atoms with Gasteiger partial charge in [0.25, 0.3) is 0 Å². The van der Waals surface area contributed by atoms with Gasteiger partial charge in [-0.1, -0.05) is 42.5 Å². The summed E-state index contributed by atoms with van der Waals surface area (Å²) in [6.07, 6.45) is 5.63. The van der Waals surface area contributed by atoms with Gasteiger partial charge in [-0.05, 0) is 52.5 Å². The number of ketones is 1. The molecule has 0 saturated heterocycles. The fourth-order valence-electron chi connectivity index (χ4n) is 3.69. The molecule has 3 unspecified atom stereocenters. The standard InChI is InChI=1S/C24H21BrO5/c25-19-8-4-5-9-20(19)30-22-15-28-21-14-17(11-12-18(21)24(22)27)29-23(26)13-10-16-6-2-1-3-7-16/h1-10,13,15,17-18,21H,11-12,14H2/b13-10+. The molecule has 4 rings (SSSR count). The van der Waals surface area contributed by atoms with Gasteiger partial charge in [0.15, 0.2) is 0 Å². The molecule has 1 saturated carbocycles. The molecule has 0 radical (unpaired) electrons. The number of hydrogen-bond acceptors (Lipinski definition) is 5. The molecule has 154 valence electrons. The van der Waals surface area contributed by atoms with Gasteiger partial charge in [-0.2, -0.15) is 0 Å². The molecule has 2 aromatic rings. The molecule has 0 bridgehead atoms. The van der Waals surface area contributed by atoms with E-state index in [-0.39, 0.29) is 29.7 Å². The predicted octanol–water partition coefficient (Wildman–Crippen LogP) is 5.06. The van der Waals surface area contributed by atoms with Crippen LogP contribution in [0.4, 0.5) is 0 Å². The first-order valence-electron chi connectivity index (χ1n) is 9.86. The molecule has 0 amide bonds. The summed E-state index contributed by atoms with van der Waals surface area (Å²) in [7, 11) is 0. The number of carbonyl (C=O) groups excluding carboxylic acids is 2. The van der Waals surface area contributed by atoms with Crippen molar-refractivity contribution in [2.75, 3.05) is 0 Å². The molecule has 30 heavy (non-hydrogen) atoms. The van der Waals surface area contributed by atoms with Crippen LogP contribution >= 0.6 is 15.9 Å². The van der Waals surface area contributed by atoms with Gasteiger partial charge in [0, 0.05) is 12.5 Å². The Labute approximate surface area is 183 Å². The Kier molecular flexibility index (Phi) is 6.33. The number of rotatable bonds is 5. The van der Waals surface area contributed by atoms with Crippen LogP contribution in [0.2, 0.25) is 0 Å². The third-order valence-corrected chi connectivity index (χ3v) is 5.88. The minimum absolute atomic E-state index is 0.0734. The Bertz CT molecular complexity index is 982. The van der Waals surface area contributed by atoms with Crippen molar-refractivity contribution in [1.82, 2.24) is 0 Å². The first kappa shape index (κ1) is 20.4. The lowest BCUT2D eigenvalue weighted by Crippen LogP contribution is -2.42. The molecule has 2 aliphatic rings. The van der Waals surface area contributed by atoms with E-state index in [2.05, 4.69) is 15.9 Å². The number of ether oxygens (including phenoxy) is 3. The first-order valence-corrected chi connectivity index (χ1v) is 10.7. The second kappa shape index (κ2) is 9.30. The number of esters is 1. The van der Waals surface area contributed by atoms with Crippen LogP contribution in [-0.2, 0) is 19.1 Å². The van der Waals surface area contributed by atoms with Gasteiger partial charge in [-0.15, -0.1) is 0 Å². The zero-order valence-electron chi connectivity index (χ0n) is 16.2. The number of carbonyl (C=O) groups is 2. The van der Waals surface area contributed by atoms with E-state index in [9.17, 15) is 9.59 Å². The Morgan fingerprint density at radius 1 is 1.07 bits per heavy atom. The van der Waals surface area contributed by atoms with Crippen molar-refractivity contribution in [3.8, 4) is 5.75 Å². The van der Waals surface area contributed by atoms with Crippen molar-refractivity contribution >= 4 is 33.8 Å². The maximum absolute atomic E-state index is 12.9. The second-order valence-electron chi connectivity index (χ2n) is 7.28. The lowest BCUT2D eigenvalue weighted by atomic mass is 9.80. The molecule has 5 nitrogen and oxygen atoms in total. The third kappa shape index (κ3) is 4.82. The van der Waals surface area contributed by atoms with Crippen LogP contribution in [0.3, 0.4) is 0 Å². The van der Waals surface area contributed by atoms with E-state index in [4.69, 9.17) is 14.2 Å². The summed E-state index contributed by atoms with van der Waals surface area (Å²) in [5, 5.41) is 0. The number of fused-ring (bicyclic) bond motifs is 1. The van der Waals surface area contributed by atoms with Gasteiger partial charge in [0.05, 0.1) is 10.4 Å². The van der Waals surface area contributed by atoms with Crippen LogP contribution in [0, 0.1) is 5.92 Å². The quantitative estimate of drug-likeness (QED) is 0.453. The SMILES string of the molecule is O=C(/C=C/c1ccccc1)OC1CCC2C(=O)C(Oc3ccccc3Br)=COC2C1. The van der Waals surface area contributed by atoms with E-state index in [0.717, 1.165) is 10.0 Å². The number of para-hydroxylation sites is 1. The first-order chi connectivity index (χ1) is 14.6. The molecule has 1 heterocycles. The van der Waals surface area contributed by atoms with Gasteiger partial charge >= 0.3 is 5.97 Å². The zero-order chi connectivity index (χ0) is 20.9. The van der Waals surface area contributed by atoms with Gasteiger partial charge in [-0.3, -0.25) is 4.79 Å². The zero-order valence-corrected chi connectivity index (χ0v) is 17.8. The van der Waals surface area contributed by atoms with E-state index in [0.29, 0.717) is 25.0 Å². The number of benzene rings is 2. The second-order valence-corrected chi connectivity index (χ2v) is 8.13. The van der Waals surface area contributed by atoms with E-state index >= 15 is 0 Å². The molecule has 0 spiro atoms. The Hall–Kier alpha value is -2.86. The molecular formula is C24H21BrO5. The minimum atomic E-state index is -0.391. The van der Waals surface area contributed by atoms with Crippen molar-refractivity contribution < 1.29 is 23.8 Å². The largest absolute Gasteiger partial charge is 0.493 e. The van der Waals surface area contributed by atoms with Crippen LogP contribution < -0.4 is 4.74 Å². The number of halogens is 1. The summed E-state index contributed by atoms with van der Waals surface area (Å²) in [6, 6.07) is 16.9. The molecule has 1 fully saturated rings. The topological polar surface area (TPSA) is 61.8 Å². The summed E-state index contributed by atoms with van der Waals surface area (Å²) in [5.74, 6) is 0.00680. The number of hydrogen-bond donors (Lipinski definition) is 0. The van der Waals surface area contributed by atoms with Crippen molar-refractivity contribution in [1.29, 1.82) is 0 Å². The molecule has 1 aliphatic carbocycles. The lowest BCUT2D eigenvalue weighted by molar-refractivity contribution is -0.149. The van der Waals surface area contributed by atoms with Crippen LogP contribution in [0.5, 0.6) is 5.75 Å². The van der Waals surface area contributed by atoms with Gasteiger partial charge in [0.1, 0.15) is 24.2 Å². The fraction of sp³-hybridized carbons (Fsp3) is 0.250. The summed E-state index contributed by atoms with van der Waals surface area (Å²) in [4.78, 5) is 25.0. The highest BCUT2D eigenvalue weighted by atomic mass is 79.9. The molecule has 2 aromatic carbocycles. The number of Topliss-reactive ketones (excluding diaryl/α,β-unsaturated/α-hetero) is 1. The summed E-state index contributed by atoms with van der Waals surface area (Å²) in [6.45, 7) is 0. The molecular weight excluding hydrogens is 448 g/mol. The Balaban J connectivity index is 1.34. The molecule has 3 atom stereocenters. The van der Waals surface area contributed by atoms with E-state index in [1.165, 1.54) is 12.3 Å². The molecule has 0 N–H and O–H groups in total. The monoisotopic (exact) mass is 468 g/mol. The number of allylic oxidation sites excluding steroid dienone is 1. The highest BCUT2D eigenvalue weighted by Gasteiger charge is 2.42. The van der Waals surface area contributed by atoms with E-state index < -0.39 is 5.97 Å². The summed E-state index contributed by atoms with van der Waals surface area (Å²) in [5.41, 5.74) is 0.932. The third-order valence-electron chi connectivity index (χ3n) is 5.22. The van der Waals surface area contributed by atoms with Gasteiger partial charge < -0.3 is 14.2 Å². The maximum Gasteiger partial charge on any atom is 0.331 e. The van der Waals surface area contributed by atoms with Crippen LogP contribution in [0.25, 0.3) is 6.08 Å². The molecule has 0 aromatic heterocycles.